The molecule has 0 bridgehead atoms. The average molecular weight is 231 g/mol. The van der Waals surface area contributed by atoms with Gasteiger partial charge in [-0.1, -0.05) is 6.07 Å². The number of anilines is 1. The van der Waals surface area contributed by atoms with Gasteiger partial charge in [0.05, 0.1) is 5.52 Å². The molecule has 2 N–H and O–H groups in total. The standard InChI is InChI=1S/C10H9N5O2/c16-15(17)9-8-3-1-2-5-14(8)12-10(9)13-6-4-11-7-13/h1-7,16-17H. The van der Waals surface area contributed by atoms with Crippen LogP contribution in [0, 0.1) is 0 Å². The highest BCUT2D eigenvalue weighted by molar-refractivity contribution is 5.78. The van der Waals surface area contributed by atoms with Crippen LogP contribution in [0.2, 0.25) is 0 Å². The van der Waals surface area contributed by atoms with Crippen molar-refractivity contribution in [2.24, 2.45) is 0 Å². The van der Waals surface area contributed by atoms with Crippen LogP contribution in [0.3, 0.4) is 0 Å². The van der Waals surface area contributed by atoms with Gasteiger partial charge in [-0.05, 0) is 12.1 Å². The van der Waals surface area contributed by atoms with E-state index in [2.05, 4.69) is 10.1 Å². The van der Waals surface area contributed by atoms with Crippen molar-refractivity contribution in [2.75, 3.05) is 5.23 Å². The molecule has 3 heterocycles. The van der Waals surface area contributed by atoms with Gasteiger partial charge in [0.2, 0.25) is 0 Å². The van der Waals surface area contributed by atoms with Crippen LogP contribution in [0.1, 0.15) is 0 Å². The number of nitrogens with zero attached hydrogens (tertiary/aromatic N) is 5. The lowest BCUT2D eigenvalue weighted by Crippen LogP contribution is -2.13. The Morgan fingerprint density at radius 1 is 1.18 bits per heavy atom. The van der Waals surface area contributed by atoms with Gasteiger partial charge in [0.15, 0.2) is 11.5 Å². The zero-order valence-corrected chi connectivity index (χ0v) is 8.67. The van der Waals surface area contributed by atoms with E-state index in [-0.39, 0.29) is 10.9 Å². The fraction of sp³-hybridized carbons (Fsp3) is 0. The molecule has 0 aliphatic rings. The monoisotopic (exact) mass is 231 g/mol. The van der Waals surface area contributed by atoms with E-state index in [4.69, 9.17) is 0 Å². The van der Waals surface area contributed by atoms with Gasteiger partial charge in [-0.2, -0.15) is 0 Å². The zero-order chi connectivity index (χ0) is 11.8. The molecular formula is C10H9N5O2. The molecule has 0 fully saturated rings. The van der Waals surface area contributed by atoms with E-state index in [0.717, 1.165) is 0 Å². The van der Waals surface area contributed by atoms with Gasteiger partial charge < -0.3 is 0 Å². The topological polar surface area (TPSA) is 78.8 Å². The Morgan fingerprint density at radius 3 is 2.76 bits per heavy atom. The Balaban J connectivity index is 2.34. The van der Waals surface area contributed by atoms with Crippen LogP contribution < -0.4 is 5.23 Å². The first-order valence-electron chi connectivity index (χ1n) is 4.91. The molecule has 0 aliphatic heterocycles. The van der Waals surface area contributed by atoms with Crippen molar-refractivity contribution in [3.8, 4) is 5.82 Å². The van der Waals surface area contributed by atoms with Gasteiger partial charge in [0.25, 0.3) is 0 Å². The van der Waals surface area contributed by atoms with Gasteiger partial charge >= 0.3 is 0 Å². The van der Waals surface area contributed by atoms with Gasteiger partial charge in [0, 0.05) is 18.6 Å². The van der Waals surface area contributed by atoms with E-state index in [1.807, 2.05) is 0 Å². The largest absolute Gasteiger partial charge is 0.287 e. The summed E-state index contributed by atoms with van der Waals surface area (Å²) >= 11 is 0. The summed E-state index contributed by atoms with van der Waals surface area (Å²) in [6.07, 6.45) is 6.53. The maximum absolute atomic E-state index is 9.29. The molecule has 3 aromatic rings. The summed E-state index contributed by atoms with van der Waals surface area (Å²) in [6, 6.07) is 5.34. The lowest BCUT2D eigenvalue weighted by Gasteiger charge is -2.08. The van der Waals surface area contributed by atoms with Crippen molar-refractivity contribution in [1.82, 2.24) is 19.2 Å². The van der Waals surface area contributed by atoms with Gasteiger partial charge in [-0.3, -0.25) is 15.0 Å². The van der Waals surface area contributed by atoms with E-state index in [1.165, 1.54) is 6.33 Å². The Hall–Kier alpha value is -2.38. The number of aromatic nitrogens is 4. The Morgan fingerprint density at radius 2 is 2.06 bits per heavy atom. The minimum atomic E-state index is 0.0671. The Labute approximate surface area is 95.7 Å². The van der Waals surface area contributed by atoms with Crippen LogP contribution in [0.5, 0.6) is 0 Å². The molecule has 86 valence electrons. The molecule has 7 heteroatoms. The molecule has 17 heavy (non-hydrogen) atoms. The highest BCUT2D eigenvalue weighted by atomic mass is 16.8. The molecular weight excluding hydrogens is 222 g/mol. The first-order chi connectivity index (χ1) is 8.27. The van der Waals surface area contributed by atoms with E-state index in [0.29, 0.717) is 11.3 Å². The second kappa shape index (κ2) is 3.58. The van der Waals surface area contributed by atoms with Crippen LogP contribution in [0.25, 0.3) is 11.3 Å². The van der Waals surface area contributed by atoms with Gasteiger partial charge in [0.1, 0.15) is 6.33 Å². The SMILES string of the molecule is ON(O)c1c(-n2ccnc2)nn2ccccc12. The second-order valence-corrected chi connectivity index (χ2v) is 3.46. The van der Waals surface area contributed by atoms with Crippen LogP contribution in [0.4, 0.5) is 5.69 Å². The number of imidazole rings is 1. The number of hydrogen-bond donors (Lipinski definition) is 2. The fourth-order valence-electron chi connectivity index (χ4n) is 1.72. The lowest BCUT2D eigenvalue weighted by atomic mass is 10.3. The molecule has 0 atom stereocenters. The minimum Gasteiger partial charge on any atom is -0.287 e. The maximum atomic E-state index is 9.29. The highest BCUT2D eigenvalue weighted by Gasteiger charge is 2.17. The van der Waals surface area contributed by atoms with Crippen molar-refractivity contribution >= 4 is 11.2 Å². The maximum Gasteiger partial charge on any atom is 0.189 e. The predicted molar refractivity (Wildman–Crippen MR) is 58.4 cm³/mol. The van der Waals surface area contributed by atoms with Crippen LogP contribution in [-0.2, 0) is 0 Å². The van der Waals surface area contributed by atoms with E-state index >= 15 is 0 Å². The fourth-order valence-corrected chi connectivity index (χ4v) is 1.72. The molecule has 3 rings (SSSR count). The average Bonchev–Trinajstić information content (AvgIpc) is 2.95. The van der Waals surface area contributed by atoms with E-state index in [9.17, 15) is 10.4 Å². The van der Waals surface area contributed by atoms with Crippen molar-refractivity contribution in [3.05, 3.63) is 43.1 Å². The van der Waals surface area contributed by atoms with Gasteiger partial charge in [-0.25, -0.2) is 9.50 Å². The molecule has 0 aromatic carbocycles. The lowest BCUT2D eigenvalue weighted by molar-refractivity contribution is 0.0299. The summed E-state index contributed by atoms with van der Waals surface area (Å²) in [5.41, 5.74) is 0.782. The normalized spacial score (nSPS) is 10.9. The Kier molecular flexibility index (Phi) is 2.07. The minimum absolute atomic E-state index is 0.0671. The predicted octanol–water partition coefficient (Wildman–Crippen LogP) is 1.10. The number of pyridine rings is 1. The van der Waals surface area contributed by atoms with Crippen molar-refractivity contribution in [1.29, 1.82) is 0 Å². The van der Waals surface area contributed by atoms with Crippen LogP contribution >= 0.6 is 0 Å². The molecule has 0 spiro atoms. The third-order valence-corrected chi connectivity index (χ3v) is 2.45. The van der Waals surface area contributed by atoms with Crippen LogP contribution in [0.15, 0.2) is 43.1 Å². The molecule has 0 saturated carbocycles. The summed E-state index contributed by atoms with van der Waals surface area (Å²) in [7, 11) is 0. The van der Waals surface area contributed by atoms with Gasteiger partial charge in [-0.15, -0.1) is 10.3 Å². The molecule has 0 radical (unpaired) electrons. The summed E-state index contributed by atoms with van der Waals surface area (Å²) < 4.78 is 3.16. The quantitative estimate of drug-likeness (QED) is 0.646. The summed E-state index contributed by atoms with van der Waals surface area (Å²) in [6.45, 7) is 0. The molecule has 0 amide bonds. The number of fused-ring (bicyclic) bond motifs is 1. The molecule has 0 unspecified atom stereocenters. The third-order valence-electron chi connectivity index (χ3n) is 2.45. The van der Waals surface area contributed by atoms with E-state index < -0.39 is 0 Å². The molecule has 3 aromatic heterocycles. The van der Waals surface area contributed by atoms with Crippen molar-refractivity contribution < 1.29 is 10.4 Å². The molecule has 0 aliphatic carbocycles. The van der Waals surface area contributed by atoms with Crippen LogP contribution in [-0.4, -0.2) is 29.6 Å². The summed E-state index contributed by atoms with van der Waals surface area (Å²) in [4.78, 5) is 3.90. The van der Waals surface area contributed by atoms with Crippen molar-refractivity contribution in [3.63, 3.8) is 0 Å². The smallest absolute Gasteiger partial charge is 0.189 e. The Bertz CT molecular complexity index is 644. The zero-order valence-electron chi connectivity index (χ0n) is 8.67. The summed E-state index contributed by atoms with van der Waals surface area (Å²) in [5, 5.41) is 22.9. The second-order valence-electron chi connectivity index (χ2n) is 3.46. The third kappa shape index (κ3) is 1.45. The first-order valence-corrected chi connectivity index (χ1v) is 4.91. The number of rotatable bonds is 2. The highest BCUT2D eigenvalue weighted by Crippen LogP contribution is 2.26. The first kappa shape index (κ1) is 9.82. The number of hydrogen-bond acceptors (Lipinski definition) is 5. The summed E-state index contributed by atoms with van der Waals surface area (Å²) in [5.74, 6) is 0.388. The molecule has 7 nitrogen and oxygen atoms in total. The van der Waals surface area contributed by atoms with Crippen molar-refractivity contribution in [2.45, 2.75) is 0 Å². The molecule has 0 saturated heterocycles. The van der Waals surface area contributed by atoms with E-state index in [1.54, 1.807) is 45.9 Å².